The number of amides is 1. The summed E-state index contributed by atoms with van der Waals surface area (Å²) in [6.45, 7) is 1.58. The number of hydrogen-bond donors (Lipinski definition) is 0. The van der Waals surface area contributed by atoms with Gasteiger partial charge in [-0.25, -0.2) is 0 Å². The van der Waals surface area contributed by atoms with Crippen molar-refractivity contribution in [2.75, 3.05) is 27.3 Å². The fraction of sp³-hybridized carbons (Fsp3) is 0.650. The van der Waals surface area contributed by atoms with Crippen molar-refractivity contribution in [2.45, 2.75) is 50.2 Å². The Hall–Kier alpha value is -1.39. The highest BCUT2D eigenvalue weighted by atomic mass is 16.5. The maximum atomic E-state index is 12.8. The highest BCUT2D eigenvalue weighted by molar-refractivity contribution is 5.77. The summed E-state index contributed by atoms with van der Waals surface area (Å²) in [7, 11) is 3.52. The fourth-order valence-corrected chi connectivity index (χ4v) is 4.07. The van der Waals surface area contributed by atoms with Crippen LogP contribution in [0.5, 0.6) is 0 Å². The summed E-state index contributed by atoms with van der Waals surface area (Å²) >= 11 is 0. The quantitative estimate of drug-likeness (QED) is 0.804. The van der Waals surface area contributed by atoms with Crippen LogP contribution < -0.4 is 0 Å². The summed E-state index contributed by atoms with van der Waals surface area (Å²) < 4.78 is 11.3. The summed E-state index contributed by atoms with van der Waals surface area (Å²) in [5.74, 6) is 0.596. The van der Waals surface area contributed by atoms with E-state index < -0.39 is 0 Å². The lowest BCUT2D eigenvalue weighted by Gasteiger charge is -2.43. The van der Waals surface area contributed by atoms with Crippen LogP contribution in [0.4, 0.5) is 0 Å². The molecule has 3 rings (SSSR count). The first-order valence-corrected chi connectivity index (χ1v) is 9.05. The van der Waals surface area contributed by atoms with E-state index in [1.165, 1.54) is 12.0 Å². The van der Waals surface area contributed by atoms with Crippen LogP contribution in [0.2, 0.25) is 0 Å². The molecule has 2 fully saturated rings. The van der Waals surface area contributed by atoms with E-state index in [9.17, 15) is 4.79 Å². The van der Waals surface area contributed by atoms with Gasteiger partial charge in [-0.05, 0) is 37.7 Å². The second kappa shape index (κ2) is 7.66. The number of nitrogens with zero attached hydrogens (tertiary/aromatic N) is 1. The Morgan fingerprint density at radius 2 is 2.00 bits per heavy atom. The first kappa shape index (κ1) is 17.4. The minimum Gasteiger partial charge on any atom is -0.381 e. The molecule has 1 aromatic carbocycles. The maximum Gasteiger partial charge on any atom is 0.225 e. The number of carbonyl (C=O) groups is 1. The van der Waals surface area contributed by atoms with Gasteiger partial charge in [0.1, 0.15) is 0 Å². The Labute approximate surface area is 145 Å². The lowest BCUT2D eigenvalue weighted by atomic mass is 9.77. The molecule has 0 unspecified atom stereocenters. The zero-order chi connectivity index (χ0) is 17.0. The van der Waals surface area contributed by atoms with Gasteiger partial charge in [0.2, 0.25) is 5.91 Å². The Bertz CT molecular complexity index is 536. The number of benzene rings is 1. The average Bonchev–Trinajstić information content (AvgIpc) is 2.59. The van der Waals surface area contributed by atoms with Crippen molar-refractivity contribution in [1.82, 2.24) is 4.90 Å². The predicted octanol–water partition coefficient (Wildman–Crippen LogP) is 3.05. The third-order valence-corrected chi connectivity index (χ3v) is 5.83. The molecule has 132 valence electrons. The second-order valence-corrected chi connectivity index (χ2v) is 7.27. The van der Waals surface area contributed by atoms with Gasteiger partial charge < -0.3 is 14.4 Å². The molecule has 1 heterocycles. The molecule has 1 amide bonds. The molecule has 0 radical (unpaired) electrons. The second-order valence-electron chi connectivity index (χ2n) is 7.27. The van der Waals surface area contributed by atoms with Crippen molar-refractivity contribution in [3.8, 4) is 0 Å². The van der Waals surface area contributed by atoms with Crippen molar-refractivity contribution < 1.29 is 14.3 Å². The van der Waals surface area contributed by atoms with Crippen LogP contribution in [0.15, 0.2) is 30.3 Å². The Morgan fingerprint density at radius 3 is 2.58 bits per heavy atom. The molecule has 0 spiro atoms. The summed E-state index contributed by atoms with van der Waals surface area (Å²) in [6.07, 6.45) is 5.82. The predicted molar refractivity (Wildman–Crippen MR) is 93.8 cm³/mol. The zero-order valence-corrected chi connectivity index (χ0v) is 14.9. The van der Waals surface area contributed by atoms with Gasteiger partial charge in [0, 0.05) is 33.2 Å². The Balaban J connectivity index is 1.62. The Morgan fingerprint density at radius 1 is 1.25 bits per heavy atom. The third kappa shape index (κ3) is 3.81. The van der Waals surface area contributed by atoms with Crippen LogP contribution in [0, 0.1) is 5.92 Å². The van der Waals surface area contributed by atoms with Crippen molar-refractivity contribution in [2.24, 2.45) is 5.92 Å². The fourth-order valence-electron chi connectivity index (χ4n) is 4.07. The molecule has 0 aromatic heterocycles. The summed E-state index contributed by atoms with van der Waals surface area (Å²) in [5.41, 5.74) is 1.12. The number of carbonyl (C=O) groups excluding carboxylic acids is 1. The normalized spacial score (nSPS) is 26.0. The highest BCUT2D eigenvalue weighted by Crippen LogP contribution is 2.38. The van der Waals surface area contributed by atoms with Gasteiger partial charge in [0.05, 0.1) is 18.1 Å². The van der Waals surface area contributed by atoms with Gasteiger partial charge >= 0.3 is 0 Å². The van der Waals surface area contributed by atoms with E-state index in [1.807, 2.05) is 11.0 Å². The van der Waals surface area contributed by atoms with Gasteiger partial charge in [-0.2, -0.15) is 0 Å². The molecular weight excluding hydrogens is 302 g/mol. The molecule has 0 bridgehead atoms. The zero-order valence-electron chi connectivity index (χ0n) is 14.9. The molecule has 1 aliphatic carbocycles. The number of likely N-dealkylation sites (tertiary alicyclic amines) is 1. The standard InChI is InChI=1S/C20H29NO3/c1-23-18-9-12-21(19(22)14-20(24-2)10-6-11-20)15-17(18)13-16-7-4-3-5-8-16/h3-5,7-8,17-18H,6,9-15H2,1-2H3/t17-,18-/m1/s1. The molecule has 1 saturated heterocycles. The molecule has 4 nitrogen and oxygen atoms in total. The number of ether oxygens (including phenoxy) is 2. The van der Waals surface area contributed by atoms with Crippen LogP contribution in [-0.2, 0) is 20.7 Å². The topological polar surface area (TPSA) is 38.8 Å². The van der Waals surface area contributed by atoms with Crippen molar-refractivity contribution in [1.29, 1.82) is 0 Å². The smallest absolute Gasteiger partial charge is 0.225 e. The van der Waals surface area contributed by atoms with Gasteiger partial charge in [0.25, 0.3) is 0 Å². The summed E-state index contributed by atoms with van der Waals surface area (Å²) in [5, 5.41) is 0. The summed E-state index contributed by atoms with van der Waals surface area (Å²) in [4.78, 5) is 14.8. The highest BCUT2D eigenvalue weighted by Gasteiger charge is 2.41. The van der Waals surface area contributed by atoms with Crippen LogP contribution in [-0.4, -0.2) is 49.8 Å². The molecule has 2 atom stereocenters. The molecule has 4 heteroatoms. The SMILES string of the molecule is CO[C@@H]1CCN(C(=O)CC2(OC)CCC2)C[C@H]1Cc1ccccc1. The van der Waals surface area contributed by atoms with Crippen molar-refractivity contribution in [3.05, 3.63) is 35.9 Å². The molecule has 1 saturated carbocycles. The molecule has 2 aliphatic rings. The lowest BCUT2D eigenvalue weighted by molar-refractivity contribution is -0.148. The van der Waals surface area contributed by atoms with Crippen molar-refractivity contribution >= 4 is 5.91 Å². The van der Waals surface area contributed by atoms with E-state index in [0.29, 0.717) is 12.3 Å². The van der Waals surface area contributed by atoms with Crippen LogP contribution in [0.3, 0.4) is 0 Å². The van der Waals surface area contributed by atoms with Crippen LogP contribution >= 0.6 is 0 Å². The summed E-state index contributed by atoms with van der Waals surface area (Å²) in [6, 6.07) is 10.5. The minimum absolute atomic E-state index is 0.190. The number of piperidine rings is 1. The first-order valence-electron chi connectivity index (χ1n) is 9.05. The molecular formula is C20H29NO3. The van der Waals surface area contributed by atoms with Gasteiger partial charge in [-0.1, -0.05) is 30.3 Å². The molecule has 1 aromatic rings. The molecule has 0 N–H and O–H groups in total. The van der Waals surface area contributed by atoms with Crippen molar-refractivity contribution in [3.63, 3.8) is 0 Å². The van der Waals surface area contributed by atoms with E-state index in [-0.39, 0.29) is 17.6 Å². The number of methoxy groups -OCH3 is 2. The lowest BCUT2D eigenvalue weighted by Crippen LogP contribution is -2.50. The number of rotatable bonds is 6. The van der Waals surface area contributed by atoms with E-state index in [2.05, 4.69) is 24.3 Å². The molecule has 1 aliphatic heterocycles. The molecule has 24 heavy (non-hydrogen) atoms. The number of hydrogen-bond acceptors (Lipinski definition) is 3. The van der Waals surface area contributed by atoms with Gasteiger partial charge in [-0.3, -0.25) is 4.79 Å². The minimum atomic E-state index is -0.190. The van der Waals surface area contributed by atoms with E-state index in [4.69, 9.17) is 9.47 Å². The van der Waals surface area contributed by atoms with Gasteiger partial charge in [0.15, 0.2) is 0 Å². The third-order valence-electron chi connectivity index (χ3n) is 5.83. The van der Waals surface area contributed by atoms with Crippen LogP contribution in [0.1, 0.15) is 37.7 Å². The average molecular weight is 331 g/mol. The monoisotopic (exact) mass is 331 g/mol. The van der Waals surface area contributed by atoms with E-state index in [0.717, 1.165) is 38.8 Å². The Kier molecular flexibility index (Phi) is 5.57. The first-order chi connectivity index (χ1) is 11.7. The largest absolute Gasteiger partial charge is 0.381 e. The van der Waals surface area contributed by atoms with Crippen LogP contribution in [0.25, 0.3) is 0 Å². The van der Waals surface area contributed by atoms with E-state index >= 15 is 0 Å². The maximum absolute atomic E-state index is 12.8. The van der Waals surface area contributed by atoms with Gasteiger partial charge in [-0.15, -0.1) is 0 Å². The van der Waals surface area contributed by atoms with E-state index in [1.54, 1.807) is 14.2 Å².